The minimum absolute atomic E-state index is 0. The first kappa shape index (κ1) is 20.2. The van der Waals surface area contributed by atoms with E-state index in [0.29, 0.717) is 12.3 Å². The second kappa shape index (κ2) is 9.00. The molecule has 2 heterocycles. The number of aryl methyl sites for hydroxylation is 1. The number of ether oxygens (including phenoxy) is 1. The van der Waals surface area contributed by atoms with Crippen LogP contribution in [0, 0.1) is 11.7 Å². The molecule has 1 amide bonds. The van der Waals surface area contributed by atoms with Gasteiger partial charge in [-0.2, -0.15) is 5.10 Å². The molecule has 6 nitrogen and oxygen atoms in total. The van der Waals surface area contributed by atoms with Gasteiger partial charge >= 0.3 is 0 Å². The monoisotopic (exact) mass is 382 g/mol. The SMILES string of the molecule is CC(COc1cccc(F)c1)NC(=O)[C@H]1CNC[C@@H]1c1cnn(C)c1.Cl. The Bertz CT molecular complexity index is 739. The van der Waals surface area contributed by atoms with Crippen molar-refractivity contribution in [2.75, 3.05) is 19.7 Å². The maximum absolute atomic E-state index is 13.1. The number of aromatic nitrogens is 2. The Kier molecular flexibility index (Phi) is 6.99. The van der Waals surface area contributed by atoms with Crippen LogP contribution in [-0.4, -0.2) is 41.4 Å². The third kappa shape index (κ3) is 4.95. The van der Waals surface area contributed by atoms with E-state index in [1.54, 1.807) is 16.8 Å². The highest BCUT2D eigenvalue weighted by molar-refractivity contribution is 5.85. The first-order valence-electron chi connectivity index (χ1n) is 8.41. The van der Waals surface area contributed by atoms with Gasteiger partial charge < -0.3 is 15.4 Å². The predicted octanol–water partition coefficient (Wildman–Crippen LogP) is 1.87. The number of hydrogen-bond donors (Lipinski definition) is 2. The number of amides is 1. The van der Waals surface area contributed by atoms with Crippen molar-refractivity contribution in [1.82, 2.24) is 20.4 Å². The minimum Gasteiger partial charge on any atom is -0.491 e. The Hall–Kier alpha value is -2.12. The summed E-state index contributed by atoms with van der Waals surface area (Å²) in [6.07, 6.45) is 3.77. The van der Waals surface area contributed by atoms with Crippen LogP contribution < -0.4 is 15.4 Å². The second-order valence-electron chi connectivity index (χ2n) is 6.50. The van der Waals surface area contributed by atoms with Crippen molar-refractivity contribution < 1.29 is 13.9 Å². The van der Waals surface area contributed by atoms with Gasteiger partial charge in [-0.1, -0.05) is 6.07 Å². The fraction of sp³-hybridized carbons (Fsp3) is 0.444. The topological polar surface area (TPSA) is 68.2 Å². The summed E-state index contributed by atoms with van der Waals surface area (Å²) in [6, 6.07) is 5.80. The number of nitrogens with zero attached hydrogens (tertiary/aromatic N) is 2. The fourth-order valence-electron chi connectivity index (χ4n) is 3.11. The van der Waals surface area contributed by atoms with Crippen molar-refractivity contribution in [3.8, 4) is 5.75 Å². The van der Waals surface area contributed by atoms with Crippen LogP contribution in [-0.2, 0) is 11.8 Å². The summed E-state index contributed by atoms with van der Waals surface area (Å²) in [7, 11) is 1.87. The highest BCUT2D eigenvalue weighted by atomic mass is 35.5. The molecule has 1 aromatic heterocycles. The van der Waals surface area contributed by atoms with Gasteiger partial charge in [0.05, 0.1) is 18.2 Å². The molecule has 1 aliphatic heterocycles. The lowest BCUT2D eigenvalue weighted by molar-refractivity contribution is -0.125. The highest BCUT2D eigenvalue weighted by Gasteiger charge is 2.35. The lowest BCUT2D eigenvalue weighted by atomic mass is 9.90. The van der Waals surface area contributed by atoms with E-state index < -0.39 is 0 Å². The number of carbonyl (C=O) groups excluding carboxylic acids is 1. The molecule has 1 unspecified atom stereocenters. The number of nitrogens with one attached hydrogen (secondary N) is 2. The number of halogens is 2. The molecular weight excluding hydrogens is 359 g/mol. The van der Waals surface area contributed by atoms with Gasteiger partial charge in [-0.3, -0.25) is 9.48 Å². The molecule has 3 atom stereocenters. The summed E-state index contributed by atoms with van der Waals surface area (Å²) in [4.78, 5) is 12.6. The lowest BCUT2D eigenvalue weighted by Gasteiger charge is -2.21. The van der Waals surface area contributed by atoms with Crippen LogP contribution in [0.2, 0.25) is 0 Å². The highest BCUT2D eigenvalue weighted by Crippen LogP contribution is 2.28. The molecule has 0 bridgehead atoms. The van der Waals surface area contributed by atoms with Crippen molar-refractivity contribution in [3.05, 3.63) is 48.0 Å². The predicted molar refractivity (Wildman–Crippen MR) is 99.1 cm³/mol. The van der Waals surface area contributed by atoms with E-state index in [4.69, 9.17) is 4.74 Å². The summed E-state index contributed by atoms with van der Waals surface area (Å²) in [5, 5.41) is 10.5. The first-order valence-corrected chi connectivity index (χ1v) is 8.41. The molecule has 142 valence electrons. The van der Waals surface area contributed by atoms with E-state index in [-0.39, 0.29) is 48.6 Å². The molecule has 2 N–H and O–H groups in total. The van der Waals surface area contributed by atoms with Crippen LogP contribution in [0.15, 0.2) is 36.7 Å². The van der Waals surface area contributed by atoms with E-state index >= 15 is 0 Å². The third-order valence-electron chi connectivity index (χ3n) is 4.39. The average Bonchev–Trinajstić information content (AvgIpc) is 3.21. The number of hydrogen-bond acceptors (Lipinski definition) is 4. The van der Waals surface area contributed by atoms with E-state index in [9.17, 15) is 9.18 Å². The smallest absolute Gasteiger partial charge is 0.225 e. The largest absolute Gasteiger partial charge is 0.491 e. The molecule has 0 aliphatic carbocycles. The van der Waals surface area contributed by atoms with Gasteiger partial charge in [0, 0.05) is 38.3 Å². The van der Waals surface area contributed by atoms with E-state index in [1.807, 2.05) is 26.4 Å². The maximum Gasteiger partial charge on any atom is 0.225 e. The average molecular weight is 383 g/mol. The zero-order valence-electron chi connectivity index (χ0n) is 14.8. The van der Waals surface area contributed by atoms with Crippen LogP contribution in [0.4, 0.5) is 4.39 Å². The zero-order chi connectivity index (χ0) is 17.8. The van der Waals surface area contributed by atoms with Crippen LogP contribution in [0.25, 0.3) is 0 Å². The van der Waals surface area contributed by atoms with Gasteiger partial charge in [-0.15, -0.1) is 12.4 Å². The quantitative estimate of drug-likeness (QED) is 0.800. The molecule has 26 heavy (non-hydrogen) atoms. The molecule has 0 radical (unpaired) electrons. The van der Waals surface area contributed by atoms with Crippen molar-refractivity contribution in [2.45, 2.75) is 18.9 Å². The Morgan fingerprint density at radius 3 is 3.00 bits per heavy atom. The van der Waals surface area contributed by atoms with Gasteiger partial charge in [-0.25, -0.2) is 4.39 Å². The molecule has 1 fully saturated rings. The van der Waals surface area contributed by atoms with Crippen molar-refractivity contribution in [1.29, 1.82) is 0 Å². The van der Waals surface area contributed by atoms with Crippen LogP contribution in [0.5, 0.6) is 5.75 Å². The Morgan fingerprint density at radius 1 is 1.50 bits per heavy atom. The van der Waals surface area contributed by atoms with Crippen LogP contribution in [0.1, 0.15) is 18.4 Å². The third-order valence-corrected chi connectivity index (χ3v) is 4.39. The van der Waals surface area contributed by atoms with Gasteiger partial charge in [0.1, 0.15) is 18.2 Å². The normalized spacial score (nSPS) is 20.3. The van der Waals surface area contributed by atoms with E-state index in [2.05, 4.69) is 15.7 Å². The first-order chi connectivity index (χ1) is 12.0. The summed E-state index contributed by atoms with van der Waals surface area (Å²) in [5.74, 6) is 0.0856. The van der Waals surface area contributed by atoms with Crippen LogP contribution in [0.3, 0.4) is 0 Å². The Morgan fingerprint density at radius 2 is 2.31 bits per heavy atom. The van der Waals surface area contributed by atoms with Crippen molar-refractivity contribution in [3.63, 3.8) is 0 Å². The molecule has 1 saturated heterocycles. The number of rotatable bonds is 6. The molecule has 0 saturated carbocycles. The molecule has 0 spiro atoms. The van der Waals surface area contributed by atoms with Gasteiger partial charge in [-0.05, 0) is 24.6 Å². The second-order valence-corrected chi connectivity index (χ2v) is 6.50. The van der Waals surface area contributed by atoms with Gasteiger partial charge in [0.15, 0.2) is 0 Å². The molecule has 3 rings (SSSR count). The Labute approximate surface area is 158 Å². The lowest BCUT2D eigenvalue weighted by Crippen LogP contribution is -2.42. The van der Waals surface area contributed by atoms with Crippen molar-refractivity contribution >= 4 is 18.3 Å². The summed E-state index contributed by atoms with van der Waals surface area (Å²) in [6.45, 7) is 3.56. The standard InChI is InChI=1S/C18H23FN4O2.ClH/c1-12(11-25-15-5-3-4-14(19)6-15)22-18(24)17-9-20-8-16(17)13-7-21-23(2)10-13;/h3-7,10,12,16-17,20H,8-9,11H2,1-2H3,(H,22,24);1H/t12?,16-,17+;/m1./s1. The number of benzene rings is 1. The summed E-state index contributed by atoms with van der Waals surface area (Å²) >= 11 is 0. The molecule has 8 heteroatoms. The molecule has 2 aromatic rings. The maximum atomic E-state index is 13.1. The molecular formula is C18H24ClFN4O2. The fourth-order valence-corrected chi connectivity index (χ4v) is 3.11. The minimum atomic E-state index is -0.342. The summed E-state index contributed by atoms with van der Waals surface area (Å²) < 4.78 is 20.4. The van der Waals surface area contributed by atoms with Gasteiger partial charge in [0.25, 0.3) is 0 Å². The summed E-state index contributed by atoms with van der Waals surface area (Å²) in [5.41, 5.74) is 1.07. The number of carbonyl (C=O) groups is 1. The van der Waals surface area contributed by atoms with Crippen molar-refractivity contribution in [2.24, 2.45) is 13.0 Å². The Balaban J connectivity index is 0.00000243. The molecule has 1 aliphatic rings. The van der Waals surface area contributed by atoms with E-state index in [1.165, 1.54) is 12.1 Å². The molecule has 1 aromatic carbocycles. The van der Waals surface area contributed by atoms with Crippen LogP contribution >= 0.6 is 12.4 Å². The zero-order valence-corrected chi connectivity index (χ0v) is 15.6. The van der Waals surface area contributed by atoms with Gasteiger partial charge in [0.2, 0.25) is 5.91 Å². The van der Waals surface area contributed by atoms with E-state index in [0.717, 1.165) is 12.1 Å².